The number of aryl methyl sites for hydroxylation is 2. The lowest BCUT2D eigenvalue weighted by Crippen LogP contribution is -2.07. The van der Waals surface area contributed by atoms with E-state index in [4.69, 9.17) is 0 Å². The number of halogens is 1. The summed E-state index contributed by atoms with van der Waals surface area (Å²) in [7, 11) is 3.94. The quantitative estimate of drug-likeness (QED) is 0.544. The lowest BCUT2D eigenvalue weighted by molar-refractivity contribution is 0.643. The fraction of sp³-hybridized carbons (Fsp3) is 0.364. The Bertz CT molecular complexity index is 299. The third kappa shape index (κ3) is 3.38. The van der Waals surface area contributed by atoms with Crippen LogP contribution in [0.4, 0.5) is 5.69 Å². The van der Waals surface area contributed by atoms with Gasteiger partial charge in [-0.05, 0) is 25.0 Å². The zero-order chi connectivity index (χ0) is 9.84. The van der Waals surface area contributed by atoms with E-state index in [0.29, 0.717) is 0 Å². The third-order valence-corrected chi connectivity index (χ3v) is 1.86. The van der Waals surface area contributed by atoms with Crippen LogP contribution < -0.4 is 0 Å². The van der Waals surface area contributed by atoms with E-state index < -0.39 is 0 Å². The van der Waals surface area contributed by atoms with Crippen LogP contribution in [-0.4, -0.2) is 25.3 Å². The molecule has 0 aromatic heterocycles. The predicted molar refractivity (Wildman–Crippen MR) is 65.0 cm³/mol. The van der Waals surface area contributed by atoms with Crippen LogP contribution in [0.2, 0.25) is 0 Å². The second-order valence-corrected chi connectivity index (χ2v) is 3.45. The van der Waals surface area contributed by atoms with Crippen molar-refractivity contribution in [3.63, 3.8) is 0 Å². The maximum Gasteiger partial charge on any atom is 0.0907 e. The molecule has 0 atom stereocenters. The van der Waals surface area contributed by atoms with Gasteiger partial charge in [-0.25, -0.2) is 4.99 Å². The maximum atomic E-state index is 4.41. The van der Waals surface area contributed by atoms with E-state index in [1.54, 1.807) is 0 Å². The smallest absolute Gasteiger partial charge is 0.0907 e. The van der Waals surface area contributed by atoms with Gasteiger partial charge >= 0.3 is 0 Å². The summed E-state index contributed by atoms with van der Waals surface area (Å²) < 4.78 is 0. The Morgan fingerprint density at radius 1 is 1.14 bits per heavy atom. The molecule has 3 heteroatoms. The van der Waals surface area contributed by atoms with Gasteiger partial charge in [-0.15, -0.1) is 12.4 Å². The molecule has 1 aromatic rings. The highest BCUT2D eigenvalue weighted by Crippen LogP contribution is 2.22. The largest absolute Gasteiger partial charge is 0.369 e. The Morgan fingerprint density at radius 2 is 1.64 bits per heavy atom. The molecule has 0 N–H and O–H groups in total. The normalized spacial score (nSPS) is 10.0. The van der Waals surface area contributed by atoms with Gasteiger partial charge in [0.15, 0.2) is 0 Å². The lowest BCUT2D eigenvalue weighted by atomic mass is 10.1. The number of benzene rings is 1. The van der Waals surface area contributed by atoms with E-state index in [-0.39, 0.29) is 12.4 Å². The second kappa shape index (κ2) is 5.66. The Balaban J connectivity index is 0.00000169. The first-order chi connectivity index (χ1) is 6.11. The Hall–Kier alpha value is -1.02. The number of hydrogen-bond acceptors (Lipinski definition) is 1. The van der Waals surface area contributed by atoms with Crippen molar-refractivity contribution in [1.82, 2.24) is 4.90 Å². The molecule has 0 unspecified atom stereocenters. The number of aliphatic imine (C=N–C) groups is 1. The molecule has 0 saturated carbocycles. The van der Waals surface area contributed by atoms with Crippen LogP contribution in [0, 0.1) is 13.8 Å². The average Bonchev–Trinajstić information content (AvgIpc) is 2.03. The van der Waals surface area contributed by atoms with Gasteiger partial charge in [-0.2, -0.15) is 0 Å². The zero-order valence-corrected chi connectivity index (χ0v) is 9.93. The van der Waals surface area contributed by atoms with Crippen molar-refractivity contribution in [2.24, 2.45) is 4.99 Å². The van der Waals surface area contributed by atoms with Gasteiger partial charge in [0.2, 0.25) is 0 Å². The molecule has 0 aliphatic rings. The summed E-state index contributed by atoms with van der Waals surface area (Å²) in [5.41, 5.74) is 3.52. The van der Waals surface area contributed by atoms with E-state index in [0.717, 1.165) is 5.69 Å². The van der Waals surface area contributed by atoms with E-state index in [1.165, 1.54) is 11.1 Å². The average molecular weight is 213 g/mol. The van der Waals surface area contributed by atoms with Gasteiger partial charge in [0, 0.05) is 14.1 Å². The van der Waals surface area contributed by atoms with Crippen molar-refractivity contribution < 1.29 is 0 Å². The summed E-state index contributed by atoms with van der Waals surface area (Å²) in [6.07, 6.45) is 1.83. The van der Waals surface area contributed by atoms with Crippen LogP contribution >= 0.6 is 12.4 Å². The summed E-state index contributed by atoms with van der Waals surface area (Å²) >= 11 is 0. The first kappa shape index (κ1) is 13.0. The fourth-order valence-corrected chi connectivity index (χ4v) is 1.18. The van der Waals surface area contributed by atoms with Crippen LogP contribution in [0.25, 0.3) is 0 Å². The highest BCUT2D eigenvalue weighted by atomic mass is 35.5. The molecule has 0 amide bonds. The van der Waals surface area contributed by atoms with Crippen LogP contribution in [0.5, 0.6) is 0 Å². The first-order valence-corrected chi connectivity index (χ1v) is 4.38. The number of rotatable bonds is 2. The Morgan fingerprint density at radius 3 is 2.07 bits per heavy atom. The van der Waals surface area contributed by atoms with Gasteiger partial charge in [-0.1, -0.05) is 18.2 Å². The molecule has 0 aliphatic carbocycles. The van der Waals surface area contributed by atoms with E-state index in [1.807, 2.05) is 25.3 Å². The fourth-order valence-electron chi connectivity index (χ4n) is 1.18. The van der Waals surface area contributed by atoms with Crippen molar-refractivity contribution in [1.29, 1.82) is 0 Å². The molecule has 0 saturated heterocycles. The maximum absolute atomic E-state index is 4.41. The molecule has 0 fully saturated rings. The predicted octanol–water partition coefficient (Wildman–Crippen LogP) is 2.95. The van der Waals surface area contributed by atoms with Crippen molar-refractivity contribution in [3.8, 4) is 0 Å². The molecule has 14 heavy (non-hydrogen) atoms. The number of hydrogen-bond donors (Lipinski definition) is 0. The third-order valence-electron chi connectivity index (χ3n) is 1.86. The van der Waals surface area contributed by atoms with Crippen LogP contribution in [0.1, 0.15) is 11.1 Å². The summed E-state index contributed by atoms with van der Waals surface area (Å²) in [6, 6.07) is 6.21. The Kier molecular flexibility index (Phi) is 5.24. The standard InChI is InChI=1S/C11H16N2.ClH/c1-9-6-5-7-10(2)11(9)12-8-13(3)4;/h5-8H,1-4H3;1H. The molecule has 0 spiro atoms. The van der Waals surface area contributed by atoms with Gasteiger partial charge in [0.1, 0.15) is 0 Å². The minimum atomic E-state index is 0. The minimum absolute atomic E-state index is 0. The molecule has 2 nitrogen and oxygen atoms in total. The highest BCUT2D eigenvalue weighted by molar-refractivity contribution is 5.85. The van der Waals surface area contributed by atoms with E-state index >= 15 is 0 Å². The number of nitrogens with zero attached hydrogens (tertiary/aromatic N) is 2. The topological polar surface area (TPSA) is 15.6 Å². The summed E-state index contributed by atoms with van der Waals surface area (Å²) in [6.45, 7) is 4.16. The van der Waals surface area contributed by atoms with Crippen molar-refractivity contribution in [2.45, 2.75) is 13.8 Å². The molecule has 0 bridgehead atoms. The summed E-state index contributed by atoms with van der Waals surface area (Å²) in [4.78, 5) is 6.34. The lowest BCUT2D eigenvalue weighted by Gasteiger charge is -2.06. The van der Waals surface area contributed by atoms with Gasteiger partial charge in [-0.3, -0.25) is 0 Å². The Labute approximate surface area is 92.1 Å². The molecular weight excluding hydrogens is 196 g/mol. The molecule has 1 rings (SSSR count). The van der Waals surface area contributed by atoms with Crippen LogP contribution in [0.3, 0.4) is 0 Å². The van der Waals surface area contributed by atoms with Gasteiger partial charge < -0.3 is 4.90 Å². The van der Waals surface area contributed by atoms with Crippen molar-refractivity contribution in [3.05, 3.63) is 29.3 Å². The van der Waals surface area contributed by atoms with Gasteiger partial charge in [0.25, 0.3) is 0 Å². The first-order valence-electron chi connectivity index (χ1n) is 4.38. The molecule has 78 valence electrons. The highest BCUT2D eigenvalue weighted by Gasteiger charge is 1.97. The monoisotopic (exact) mass is 212 g/mol. The zero-order valence-electron chi connectivity index (χ0n) is 9.11. The summed E-state index contributed by atoms with van der Waals surface area (Å²) in [5.74, 6) is 0. The molecule has 1 aromatic carbocycles. The van der Waals surface area contributed by atoms with Crippen molar-refractivity contribution >= 4 is 24.4 Å². The molecule has 0 radical (unpaired) electrons. The minimum Gasteiger partial charge on any atom is -0.369 e. The second-order valence-electron chi connectivity index (χ2n) is 3.45. The van der Waals surface area contributed by atoms with E-state index in [2.05, 4.69) is 37.0 Å². The van der Waals surface area contributed by atoms with Crippen LogP contribution in [0.15, 0.2) is 23.2 Å². The van der Waals surface area contributed by atoms with E-state index in [9.17, 15) is 0 Å². The van der Waals surface area contributed by atoms with Crippen LogP contribution in [-0.2, 0) is 0 Å². The van der Waals surface area contributed by atoms with Gasteiger partial charge in [0.05, 0.1) is 12.0 Å². The number of para-hydroxylation sites is 1. The molecular formula is C11H17ClN2. The molecule has 0 heterocycles. The SMILES string of the molecule is Cc1cccc(C)c1N=CN(C)C.Cl. The summed E-state index contributed by atoms with van der Waals surface area (Å²) in [5, 5.41) is 0. The molecule has 0 aliphatic heterocycles. The van der Waals surface area contributed by atoms with Crippen molar-refractivity contribution in [2.75, 3.05) is 14.1 Å².